The largest absolute Gasteiger partial charge is 0.326 e. The minimum atomic E-state index is -0.0125. The Morgan fingerprint density at radius 2 is 1.50 bits per heavy atom. The number of piperidine rings is 2. The molecule has 3 fully saturated rings. The highest BCUT2D eigenvalue weighted by Gasteiger charge is 2.30. The first-order valence-corrected chi connectivity index (χ1v) is 11.8. The lowest BCUT2D eigenvalue weighted by Crippen LogP contribution is -2.47. The van der Waals surface area contributed by atoms with Gasteiger partial charge in [-0.15, -0.1) is 0 Å². The van der Waals surface area contributed by atoms with Gasteiger partial charge >= 0.3 is 6.03 Å². The van der Waals surface area contributed by atoms with Crippen LogP contribution in [-0.4, -0.2) is 65.4 Å². The van der Waals surface area contributed by atoms with E-state index in [0.29, 0.717) is 19.1 Å². The summed E-state index contributed by atoms with van der Waals surface area (Å²) in [7, 11) is 0. The summed E-state index contributed by atoms with van der Waals surface area (Å²) in [6.45, 7) is 7.61. The summed E-state index contributed by atoms with van der Waals surface area (Å²) in [5.41, 5.74) is 2.17. The fraction of sp³-hybridized carbons (Fsp3) is 0.667. The Bertz CT molecular complexity index is 721. The Balaban J connectivity index is 1.23. The molecule has 1 unspecified atom stereocenters. The molecule has 0 aromatic heterocycles. The van der Waals surface area contributed by atoms with Gasteiger partial charge in [0.1, 0.15) is 0 Å². The van der Waals surface area contributed by atoms with Crippen LogP contribution in [0.5, 0.6) is 0 Å². The molecule has 3 amide bonds. The Labute approximate surface area is 180 Å². The van der Waals surface area contributed by atoms with Crippen LogP contribution in [0.2, 0.25) is 0 Å². The zero-order valence-electron chi connectivity index (χ0n) is 18.3. The lowest BCUT2D eigenvalue weighted by Gasteiger charge is -2.34. The van der Waals surface area contributed by atoms with Crippen LogP contribution in [0, 0.1) is 5.92 Å². The van der Waals surface area contributed by atoms with Gasteiger partial charge in [0.15, 0.2) is 0 Å². The zero-order valence-corrected chi connectivity index (χ0v) is 18.3. The number of nitrogens with one attached hydrogen (secondary N) is 1. The first kappa shape index (κ1) is 21.2. The average Bonchev–Trinajstić information content (AvgIpc) is 3.31. The minimum Gasteiger partial charge on any atom is -0.326 e. The van der Waals surface area contributed by atoms with Crippen molar-refractivity contribution in [3.05, 3.63) is 29.8 Å². The molecular weight excluding hydrogens is 376 g/mol. The fourth-order valence-corrected chi connectivity index (χ4v) is 5.01. The van der Waals surface area contributed by atoms with Crippen LogP contribution in [0.3, 0.4) is 0 Å². The number of likely N-dealkylation sites (tertiary alicyclic amines) is 3. The minimum absolute atomic E-state index is 0.0125. The van der Waals surface area contributed by atoms with E-state index >= 15 is 0 Å². The summed E-state index contributed by atoms with van der Waals surface area (Å²) in [5, 5.41) is 3.08. The van der Waals surface area contributed by atoms with Crippen molar-refractivity contribution in [1.29, 1.82) is 0 Å². The third-order valence-corrected chi connectivity index (χ3v) is 7.06. The van der Waals surface area contributed by atoms with Gasteiger partial charge in [-0.1, -0.05) is 18.6 Å². The Hall–Kier alpha value is -2.08. The molecule has 0 saturated carbocycles. The van der Waals surface area contributed by atoms with Gasteiger partial charge in [-0.2, -0.15) is 0 Å². The predicted octanol–water partition coefficient (Wildman–Crippen LogP) is 3.93. The van der Waals surface area contributed by atoms with Crippen LogP contribution in [0.25, 0.3) is 0 Å². The van der Waals surface area contributed by atoms with Crippen molar-refractivity contribution in [1.82, 2.24) is 14.7 Å². The molecule has 1 atom stereocenters. The van der Waals surface area contributed by atoms with Crippen LogP contribution in [-0.2, 0) is 11.3 Å². The topological polar surface area (TPSA) is 55.9 Å². The molecule has 3 saturated heterocycles. The molecule has 6 heteroatoms. The molecule has 6 nitrogen and oxygen atoms in total. The molecule has 0 bridgehead atoms. The maximum Gasteiger partial charge on any atom is 0.319 e. The molecule has 0 spiro atoms. The van der Waals surface area contributed by atoms with E-state index in [1.165, 1.54) is 31.4 Å². The van der Waals surface area contributed by atoms with Crippen molar-refractivity contribution in [3.8, 4) is 0 Å². The molecule has 1 N–H and O–H groups in total. The third-order valence-electron chi connectivity index (χ3n) is 7.06. The van der Waals surface area contributed by atoms with Gasteiger partial charge in [-0.25, -0.2) is 4.79 Å². The zero-order chi connectivity index (χ0) is 20.9. The molecule has 164 valence electrons. The van der Waals surface area contributed by atoms with E-state index in [9.17, 15) is 9.59 Å². The number of amides is 3. The first-order valence-electron chi connectivity index (χ1n) is 11.8. The molecule has 1 aromatic rings. The van der Waals surface area contributed by atoms with E-state index in [1.54, 1.807) is 0 Å². The van der Waals surface area contributed by atoms with E-state index in [-0.39, 0.29) is 17.9 Å². The smallest absolute Gasteiger partial charge is 0.319 e. The van der Waals surface area contributed by atoms with E-state index in [1.807, 2.05) is 21.9 Å². The highest BCUT2D eigenvalue weighted by molar-refractivity contribution is 5.92. The second-order valence-corrected chi connectivity index (χ2v) is 9.24. The second-order valence-electron chi connectivity index (χ2n) is 9.24. The maximum absolute atomic E-state index is 12.7. The van der Waals surface area contributed by atoms with Gasteiger partial charge in [0, 0.05) is 50.4 Å². The van der Waals surface area contributed by atoms with Gasteiger partial charge in [0.2, 0.25) is 5.91 Å². The SMILES string of the molecule is CC1CCCCN1Cc1ccc(NC(=O)C2CCN(C(=O)N3CCCC3)CC2)cc1. The second kappa shape index (κ2) is 9.82. The molecule has 3 aliphatic rings. The summed E-state index contributed by atoms with van der Waals surface area (Å²) in [6, 6.07) is 9.12. The van der Waals surface area contributed by atoms with E-state index in [2.05, 4.69) is 29.3 Å². The van der Waals surface area contributed by atoms with Gasteiger partial charge in [0.05, 0.1) is 0 Å². The van der Waals surface area contributed by atoms with Crippen molar-refractivity contribution in [2.24, 2.45) is 5.92 Å². The molecule has 3 heterocycles. The number of rotatable bonds is 4. The lowest BCUT2D eigenvalue weighted by molar-refractivity contribution is -0.121. The van der Waals surface area contributed by atoms with E-state index in [0.717, 1.165) is 51.0 Å². The van der Waals surface area contributed by atoms with Crippen LogP contribution in [0.15, 0.2) is 24.3 Å². The normalized spacial score (nSPS) is 23.6. The van der Waals surface area contributed by atoms with Gasteiger partial charge in [0.25, 0.3) is 0 Å². The monoisotopic (exact) mass is 412 g/mol. The van der Waals surface area contributed by atoms with E-state index in [4.69, 9.17) is 0 Å². The summed E-state index contributed by atoms with van der Waals surface area (Å²) in [5.74, 6) is 0.0715. The Morgan fingerprint density at radius 1 is 0.867 bits per heavy atom. The summed E-state index contributed by atoms with van der Waals surface area (Å²) in [4.78, 5) is 31.6. The Kier molecular flexibility index (Phi) is 6.93. The number of benzene rings is 1. The van der Waals surface area contributed by atoms with Crippen LogP contribution < -0.4 is 5.32 Å². The van der Waals surface area contributed by atoms with Crippen molar-refractivity contribution >= 4 is 17.6 Å². The number of carbonyl (C=O) groups excluding carboxylic acids is 2. The quantitative estimate of drug-likeness (QED) is 0.815. The maximum atomic E-state index is 12.7. The number of anilines is 1. The molecule has 0 radical (unpaired) electrons. The summed E-state index contributed by atoms with van der Waals surface area (Å²) >= 11 is 0. The van der Waals surface area contributed by atoms with Crippen molar-refractivity contribution in [2.75, 3.05) is 38.0 Å². The van der Waals surface area contributed by atoms with Gasteiger partial charge in [-0.3, -0.25) is 9.69 Å². The van der Waals surface area contributed by atoms with Crippen molar-refractivity contribution in [3.63, 3.8) is 0 Å². The van der Waals surface area contributed by atoms with E-state index < -0.39 is 0 Å². The van der Waals surface area contributed by atoms with Gasteiger partial charge < -0.3 is 15.1 Å². The lowest BCUT2D eigenvalue weighted by atomic mass is 9.96. The van der Waals surface area contributed by atoms with Crippen LogP contribution in [0.1, 0.15) is 57.4 Å². The molecule has 1 aromatic carbocycles. The predicted molar refractivity (Wildman–Crippen MR) is 119 cm³/mol. The molecule has 0 aliphatic carbocycles. The standard InChI is InChI=1S/C24H36N4O2/c1-19-6-2-3-15-28(19)18-20-7-9-22(10-8-20)25-23(29)21-11-16-27(17-12-21)24(30)26-13-4-5-14-26/h7-10,19,21H,2-6,11-18H2,1H3,(H,25,29). The number of hydrogen-bond acceptors (Lipinski definition) is 3. The molecule has 3 aliphatic heterocycles. The number of urea groups is 1. The summed E-state index contributed by atoms with van der Waals surface area (Å²) < 4.78 is 0. The number of hydrogen-bond donors (Lipinski definition) is 1. The molecule has 4 rings (SSSR count). The van der Waals surface area contributed by atoms with Crippen molar-refractivity contribution in [2.45, 2.75) is 64.5 Å². The fourth-order valence-electron chi connectivity index (χ4n) is 5.01. The Morgan fingerprint density at radius 3 is 2.17 bits per heavy atom. The third kappa shape index (κ3) is 5.15. The molecular formula is C24H36N4O2. The van der Waals surface area contributed by atoms with Crippen LogP contribution in [0.4, 0.5) is 10.5 Å². The first-order chi connectivity index (χ1) is 14.6. The van der Waals surface area contributed by atoms with Gasteiger partial charge in [-0.05, 0) is 69.7 Å². The molecule has 30 heavy (non-hydrogen) atoms. The average molecular weight is 413 g/mol. The van der Waals surface area contributed by atoms with Crippen molar-refractivity contribution < 1.29 is 9.59 Å². The number of nitrogens with zero attached hydrogens (tertiary/aromatic N) is 3. The highest BCUT2D eigenvalue weighted by Crippen LogP contribution is 2.23. The summed E-state index contributed by atoms with van der Waals surface area (Å²) in [6.07, 6.45) is 7.64. The highest BCUT2D eigenvalue weighted by atomic mass is 16.2. The number of carbonyl (C=O) groups is 2. The van der Waals surface area contributed by atoms with Crippen LogP contribution >= 0.6 is 0 Å².